The number of rotatable bonds is 8. The van der Waals surface area contributed by atoms with Crippen LogP contribution in [-0.2, 0) is 14.3 Å². The van der Waals surface area contributed by atoms with Gasteiger partial charge >= 0.3 is 11.9 Å². The Kier molecular flexibility index (Phi) is 6.57. The lowest BCUT2D eigenvalue weighted by molar-refractivity contribution is -0.168. The van der Waals surface area contributed by atoms with E-state index in [-0.39, 0.29) is 0 Å². The van der Waals surface area contributed by atoms with Gasteiger partial charge in [0.25, 0.3) is 0 Å². The maximum Gasteiger partial charge on any atom is 0.328 e. The normalized spacial score (nSPS) is 11.3. The first-order valence-corrected chi connectivity index (χ1v) is 8.96. The summed E-state index contributed by atoms with van der Waals surface area (Å²) in [6.45, 7) is 5.98. The van der Waals surface area contributed by atoms with Gasteiger partial charge in [0.15, 0.2) is 5.41 Å². The van der Waals surface area contributed by atoms with Crippen molar-refractivity contribution in [1.29, 1.82) is 0 Å². The number of carbonyl (C=O) groups is 2. The second-order valence-corrected chi connectivity index (χ2v) is 6.15. The van der Waals surface area contributed by atoms with Crippen molar-refractivity contribution in [2.45, 2.75) is 46.5 Å². The number of hydrogen-bond donors (Lipinski definition) is 0. The molecule has 2 rings (SSSR count). The molecule has 0 spiro atoms. The maximum absolute atomic E-state index is 12.9. The second-order valence-electron chi connectivity index (χ2n) is 6.15. The first-order chi connectivity index (χ1) is 12.1. The van der Waals surface area contributed by atoms with Crippen LogP contribution in [-0.4, -0.2) is 18.5 Å². The largest absolute Gasteiger partial charge is 0.465 e. The SMILES string of the molecule is CCCCOC(=O)C(CC)(CC)C(=O)Oc1cccc2ccccc12. The molecule has 0 aromatic heterocycles. The van der Waals surface area contributed by atoms with Crippen LogP contribution in [0.25, 0.3) is 10.8 Å². The fraction of sp³-hybridized carbons (Fsp3) is 0.429. The van der Waals surface area contributed by atoms with Crippen molar-refractivity contribution in [1.82, 2.24) is 0 Å². The highest BCUT2D eigenvalue weighted by molar-refractivity contribution is 6.02. The summed E-state index contributed by atoms with van der Waals surface area (Å²) < 4.78 is 11.0. The third-order valence-corrected chi connectivity index (χ3v) is 4.67. The van der Waals surface area contributed by atoms with Gasteiger partial charge in [0.05, 0.1) is 6.61 Å². The molecule has 0 aliphatic rings. The molecule has 0 saturated heterocycles. The topological polar surface area (TPSA) is 52.6 Å². The standard InChI is InChI=1S/C21H26O4/c1-4-7-15-24-19(22)21(5-2,6-3)20(23)25-18-14-10-12-16-11-8-9-13-17(16)18/h8-14H,4-7,15H2,1-3H3. The Hall–Kier alpha value is -2.36. The Morgan fingerprint density at radius 3 is 2.28 bits per heavy atom. The van der Waals surface area contributed by atoms with E-state index in [1.165, 1.54) is 0 Å². The fourth-order valence-corrected chi connectivity index (χ4v) is 2.84. The van der Waals surface area contributed by atoms with E-state index < -0.39 is 17.4 Å². The van der Waals surface area contributed by atoms with Gasteiger partial charge in [-0.15, -0.1) is 0 Å². The Balaban J connectivity index is 2.26. The van der Waals surface area contributed by atoms with E-state index in [0.717, 1.165) is 23.6 Å². The molecular weight excluding hydrogens is 316 g/mol. The molecule has 0 bridgehead atoms. The van der Waals surface area contributed by atoms with Crippen LogP contribution in [0.1, 0.15) is 46.5 Å². The minimum Gasteiger partial charge on any atom is -0.465 e. The summed E-state index contributed by atoms with van der Waals surface area (Å²) in [6.07, 6.45) is 2.41. The number of carbonyl (C=O) groups excluding carboxylic acids is 2. The summed E-state index contributed by atoms with van der Waals surface area (Å²) in [5.41, 5.74) is -1.26. The van der Waals surface area contributed by atoms with Crippen LogP contribution >= 0.6 is 0 Å². The van der Waals surface area contributed by atoms with Gasteiger partial charge in [0, 0.05) is 5.39 Å². The lowest BCUT2D eigenvalue weighted by Gasteiger charge is -2.27. The quantitative estimate of drug-likeness (QED) is 0.296. The van der Waals surface area contributed by atoms with Crippen LogP contribution in [0, 0.1) is 5.41 Å². The minimum absolute atomic E-state index is 0.332. The molecule has 0 atom stereocenters. The highest BCUT2D eigenvalue weighted by atomic mass is 16.6. The fourth-order valence-electron chi connectivity index (χ4n) is 2.84. The molecule has 2 aromatic carbocycles. The lowest BCUT2D eigenvalue weighted by atomic mass is 9.82. The Morgan fingerprint density at radius 2 is 1.60 bits per heavy atom. The third kappa shape index (κ3) is 4.01. The van der Waals surface area contributed by atoms with Crippen molar-refractivity contribution in [2.75, 3.05) is 6.61 Å². The zero-order chi connectivity index (χ0) is 18.3. The number of fused-ring (bicyclic) bond motifs is 1. The van der Waals surface area contributed by atoms with E-state index >= 15 is 0 Å². The van der Waals surface area contributed by atoms with Crippen molar-refractivity contribution in [3.05, 3.63) is 42.5 Å². The van der Waals surface area contributed by atoms with Crippen LogP contribution in [0.4, 0.5) is 0 Å². The van der Waals surface area contributed by atoms with E-state index in [2.05, 4.69) is 0 Å². The van der Waals surface area contributed by atoms with E-state index in [9.17, 15) is 9.59 Å². The van der Waals surface area contributed by atoms with Crippen LogP contribution in [0.15, 0.2) is 42.5 Å². The number of unbranched alkanes of at least 4 members (excludes halogenated alkanes) is 1. The molecule has 0 fully saturated rings. The van der Waals surface area contributed by atoms with Gasteiger partial charge in [-0.1, -0.05) is 63.6 Å². The Labute approximate surface area is 149 Å². The summed E-state index contributed by atoms with van der Waals surface area (Å²) in [5, 5.41) is 1.83. The molecule has 0 aliphatic heterocycles. The summed E-state index contributed by atoms with van der Waals surface area (Å²) in [7, 11) is 0. The van der Waals surface area contributed by atoms with Crippen LogP contribution in [0.3, 0.4) is 0 Å². The van der Waals surface area contributed by atoms with Gasteiger partial charge < -0.3 is 9.47 Å². The molecule has 0 unspecified atom stereocenters. The van der Waals surface area contributed by atoms with Gasteiger partial charge in [-0.25, -0.2) is 0 Å². The molecule has 0 saturated carbocycles. The molecule has 4 heteroatoms. The minimum atomic E-state index is -1.26. The van der Waals surface area contributed by atoms with Crippen molar-refractivity contribution in [3.8, 4) is 5.75 Å². The summed E-state index contributed by atoms with van der Waals surface area (Å²) >= 11 is 0. The smallest absolute Gasteiger partial charge is 0.328 e. The van der Waals surface area contributed by atoms with Crippen LogP contribution in [0.2, 0.25) is 0 Å². The molecule has 4 nitrogen and oxygen atoms in total. The number of ether oxygens (including phenoxy) is 2. The summed E-state index contributed by atoms with van der Waals surface area (Å²) in [6, 6.07) is 13.2. The number of hydrogen-bond acceptors (Lipinski definition) is 4. The molecular formula is C21H26O4. The predicted molar refractivity (Wildman–Crippen MR) is 98.5 cm³/mol. The molecule has 0 radical (unpaired) electrons. The van der Waals surface area contributed by atoms with Gasteiger partial charge in [-0.3, -0.25) is 9.59 Å². The molecule has 134 valence electrons. The molecule has 0 amide bonds. The van der Waals surface area contributed by atoms with Crippen molar-refractivity contribution >= 4 is 22.7 Å². The molecule has 0 heterocycles. The molecule has 0 aliphatic carbocycles. The molecule has 2 aromatic rings. The van der Waals surface area contributed by atoms with Crippen LogP contribution < -0.4 is 4.74 Å². The molecule has 25 heavy (non-hydrogen) atoms. The predicted octanol–water partition coefficient (Wildman–Crippen LogP) is 4.89. The first kappa shape index (κ1) is 19.0. The van der Waals surface area contributed by atoms with Gasteiger partial charge in [0.1, 0.15) is 5.75 Å². The average Bonchev–Trinajstić information content (AvgIpc) is 2.64. The lowest BCUT2D eigenvalue weighted by Crippen LogP contribution is -2.42. The zero-order valence-electron chi connectivity index (χ0n) is 15.2. The Morgan fingerprint density at radius 1 is 0.920 bits per heavy atom. The summed E-state index contributed by atoms with van der Waals surface area (Å²) in [4.78, 5) is 25.5. The van der Waals surface area contributed by atoms with Gasteiger partial charge in [0.2, 0.25) is 0 Å². The van der Waals surface area contributed by atoms with Gasteiger partial charge in [-0.2, -0.15) is 0 Å². The van der Waals surface area contributed by atoms with Crippen molar-refractivity contribution in [3.63, 3.8) is 0 Å². The highest BCUT2D eigenvalue weighted by Gasteiger charge is 2.46. The van der Waals surface area contributed by atoms with E-state index in [0.29, 0.717) is 25.2 Å². The third-order valence-electron chi connectivity index (χ3n) is 4.67. The Bertz CT molecular complexity index is 726. The van der Waals surface area contributed by atoms with Crippen molar-refractivity contribution in [2.24, 2.45) is 5.41 Å². The maximum atomic E-state index is 12.9. The first-order valence-electron chi connectivity index (χ1n) is 8.96. The van der Waals surface area contributed by atoms with Crippen molar-refractivity contribution < 1.29 is 19.1 Å². The average molecular weight is 342 g/mol. The summed E-state index contributed by atoms with van der Waals surface area (Å²) in [5.74, 6) is -0.567. The van der Waals surface area contributed by atoms with Crippen LogP contribution in [0.5, 0.6) is 5.75 Å². The van der Waals surface area contributed by atoms with E-state index in [1.54, 1.807) is 6.07 Å². The highest BCUT2D eigenvalue weighted by Crippen LogP contribution is 2.33. The second kappa shape index (κ2) is 8.65. The monoisotopic (exact) mass is 342 g/mol. The van der Waals surface area contributed by atoms with E-state index in [4.69, 9.17) is 9.47 Å². The van der Waals surface area contributed by atoms with Gasteiger partial charge in [-0.05, 0) is 30.7 Å². The van der Waals surface area contributed by atoms with E-state index in [1.807, 2.05) is 57.2 Å². The zero-order valence-corrected chi connectivity index (χ0v) is 15.2. The number of benzene rings is 2. The molecule has 0 N–H and O–H groups in total. The number of esters is 2.